The van der Waals surface area contributed by atoms with Crippen molar-refractivity contribution in [3.63, 3.8) is 0 Å². The lowest BCUT2D eigenvalue weighted by Gasteiger charge is -2.12. The van der Waals surface area contributed by atoms with Gasteiger partial charge in [0.25, 0.3) is 0 Å². The second kappa shape index (κ2) is 5.01. The molecular formula is C10H9ClF2O2S. The number of aliphatic carboxylic acids is 1. The lowest BCUT2D eigenvalue weighted by Crippen LogP contribution is -2.25. The van der Waals surface area contributed by atoms with E-state index in [1.165, 1.54) is 17.8 Å². The van der Waals surface area contributed by atoms with Crippen LogP contribution >= 0.6 is 23.4 Å². The summed E-state index contributed by atoms with van der Waals surface area (Å²) in [5.41, 5.74) is -0.606. The van der Waals surface area contributed by atoms with Gasteiger partial charge in [0.1, 0.15) is 0 Å². The minimum Gasteiger partial charge on any atom is -0.477 e. The first-order valence-corrected chi connectivity index (χ1v) is 5.80. The smallest absolute Gasteiger partial charge is 0.379 e. The first-order chi connectivity index (χ1) is 7.39. The van der Waals surface area contributed by atoms with Crippen molar-refractivity contribution in [3.05, 3.63) is 28.8 Å². The molecule has 0 aliphatic heterocycles. The Hall–Kier alpha value is -0.810. The van der Waals surface area contributed by atoms with Gasteiger partial charge < -0.3 is 5.11 Å². The van der Waals surface area contributed by atoms with Gasteiger partial charge in [-0.3, -0.25) is 0 Å². The number of alkyl halides is 2. The third-order valence-corrected chi connectivity index (χ3v) is 3.24. The minimum absolute atomic E-state index is 0.144. The zero-order valence-electron chi connectivity index (χ0n) is 8.34. The van der Waals surface area contributed by atoms with E-state index in [2.05, 4.69) is 0 Å². The van der Waals surface area contributed by atoms with Crippen LogP contribution in [0.3, 0.4) is 0 Å². The standard InChI is InChI=1S/C10H9ClF2O2S/c1-2-16-8-4-3-6(5-7(8)11)10(12,13)9(14)15/h3-5H,2H2,1H3,(H,14,15). The summed E-state index contributed by atoms with van der Waals surface area (Å²) in [7, 11) is 0. The monoisotopic (exact) mass is 266 g/mol. The molecule has 1 rings (SSSR count). The summed E-state index contributed by atoms with van der Waals surface area (Å²) in [5, 5.41) is 8.50. The number of benzene rings is 1. The van der Waals surface area contributed by atoms with Gasteiger partial charge in [0.15, 0.2) is 0 Å². The molecule has 1 aromatic rings. The van der Waals surface area contributed by atoms with Gasteiger partial charge in [-0.1, -0.05) is 24.6 Å². The Morgan fingerprint density at radius 3 is 2.62 bits per heavy atom. The summed E-state index contributed by atoms with van der Waals surface area (Å²) in [6.07, 6.45) is 0. The summed E-state index contributed by atoms with van der Waals surface area (Å²) in [6, 6.07) is 3.48. The number of carbonyl (C=O) groups is 1. The molecule has 0 atom stereocenters. The van der Waals surface area contributed by atoms with Crippen LogP contribution in [0, 0.1) is 0 Å². The molecule has 0 bridgehead atoms. The second-order valence-electron chi connectivity index (χ2n) is 2.96. The highest BCUT2D eigenvalue weighted by molar-refractivity contribution is 7.99. The molecule has 0 radical (unpaired) electrons. The predicted molar refractivity (Wildman–Crippen MR) is 59.4 cm³/mol. The molecular weight excluding hydrogens is 258 g/mol. The van der Waals surface area contributed by atoms with E-state index in [1.807, 2.05) is 6.92 Å². The van der Waals surface area contributed by atoms with E-state index in [9.17, 15) is 13.6 Å². The maximum absolute atomic E-state index is 13.1. The van der Waals surface area contributed by atoms with Crippen molar-refractivity contribution in [1.29, 1.82) is 0 Å². The van der Waals surface area contributed by atoms with Gasteiger partial charge in [0.05, 0.1) is 5.02 Å². The Labute approximate surface area is 101 Å². The van der Waals surface area contributed by atoms with Crippen LogP contribution in [-0.2, 0) is 10.7 Å². The molecule has 1 aromatic carbocycles. The summed E-state index contributed by atoms with van der Waals surface area (Å²) in [4.78, 5) is 11.0. The van der Waals surface area contributed by atoms with E-state index in [0.29, 0.717) is 4.90 Å². The Morgan fingerprint density at radius 1 is 1.56 bits per heavy atom. The topological polar surface area (TPSA) is 37.3 Å². The van der Waals surface area contributed by atoms with Gasteiger partial charge in [-0.2, -0.15) is 8.78 Å². The van der Waals surface area contributed by atoms with Crippen molar-refractivity contribution < 1.29 is 18.7 Å². The molecule has 0 saturated heterocycles. The van der Waals surface area contributed by atoms with E-state index in [1.54, 1.807) is 0 Å². The van der Waals surface area contributed by atoms with Gasteiger partial charge in [-0.25, -0.2) is 4.79 Å². The predicted octanol–water partition coefficient (Wildman–Crippen LogP) is 3.63. The number of halogens is 3. The third kappa shape index (κ3) is 2.65. The molecule has 0 saturated carbocycles. The lowest BCUT2D eigenvalue weighted by molar-refractivity contribution is -0.166. The molecule has 0 spiro atoms. The van der Waals surface area contributed by atoms with Crippen molar-refractivity contribution in [2.45, 2.75) is 17.7 Å². The maximum atomic E-state index is 13.1. The zero-order valence-corrected chi connectivity index (χ0v) is 9.91. The van der Waals surface area contributed by atoms with E-state index in [-0.39, 0.29) is 5.02 Å². The van der Waals surface area contributed by atoms with Gasteiger partial charge >= 0.3 is 11.9 Å². The van der Waals surface area contributed by atoms with Crippen LogP contribution in [0.15, 0.2) is 23.1 Å². The molecule has 6 heteroatoms. The van der Waals surface area contributed by atoms with Gasteiger partial charge in [-0.15, -0.1) is 11.8 Å². The first-order valence-electron chi connectivity index (χ1n) is 4.43. The second-order valence-corrected chi connectivity index (χ2v) is 4.67. The Morgan fingerprint density at radius 2 is 2.19 bits per heavy atom. The van der Waals surface area contributed by atoms with Crippen molar-refractivity contribution in [2.24, 2.45) is 0 Å². The van der Waals surface area contributed by atoms with Crippen molar-refractivity contribution in [2.75, 3.05) is 5.75 Å². The van der Waals surface area contributed by atoms with E-state index in [4.69, 9.17) is 16.7 Å². The third-order valence-electron chi connectivity index (χ3n) is 1.86. The average Bonchev–Trinajstić information content (AvgIpc) is 2.21. The number of thioether (sulfide) groups is 1. The van der Waals surface area contributed by atoms with Crippen LogP contribution in [0.2, 0.25) is 5.02 Å². The number of hydrogen-bond acceptors (Lipinski definition) is 2. The number of hydrogen-bond donors (Lipinski definition) is 1. The lowest BCUT2D eigenvalue weighted by atomic mass is 10.1. The zero-order chi connectivity index (χ0) is 12.3. The fourth-order valence-electron chi connectivity index (χ4n) is 1.09. The van der Waals surface area contributed by atoms with Crippen LogP contribution in [-0.4, -0.2) is 16.8 Å². The van der Waals surface area contributed by atoms with E-state index >= 15 is 0 Å². The number of carboxylic acids is 1. The molecule has 0 aliphatic rings. The highest BCUT2D eigenvalue weighted by atomic mass is 35.5. The van der Waals surface area contributed by atoms with E-state index in [0.717, 1.165) is 17.9 Å². The summed E-state index contributed by atoms with van der Waals surface area (Å²) >= 11 is 7.18. The Bertz CT molecular complexity index is 410. The molecule has 88 valence electrons. The molecule has 0 fully saturated rings. The Balaban J connectivity index is 3.10. The summed E-state index contributed by atoms with van der Waals surface area (Å²) < 4.78 is 26.2. The molecule has 0 aliphatic carbocycles. The van der Waals surface area contributed by atoms with Crippen molar-refractivity contribution in [1.82, 2.24) is 0 Å². The molecule has 0 amide bonds. The van der Waals surface area contributed by atoms with Crippen LogP contribution in [0.25, 0.3) is 0 Å². The highest BCUT2D eigenvalue weighted by Gasteiger charge is 2.41. The van der Waals surface area contributed by atoms with Gasteiger partial charge in [-0.05, 0) is 17.9 Å². The van der Waals surface area contributed by atoms with Crippen molar-refractivity contribution >= 4 is 29.3 Å². The van der Waals surface area contributed by atoms with Crippen LogP contribution in [0.4, 0.5) is 8.78 Å². The summed E-state index contributed by atoms with van der Waals surface area (Å²) in [5.74, 6) is -5.33. The average molecular weight is 267 g/mol. The molecule has 16 heavy (non-hydrogen) atoms. The highest BCUT2D eigenvalue weighted by Crippen LogP contribution is 2.34. The molecule has 0 heterocycles. The molecule has 0 unspecified atom stereocenters. The van der Waals surface area contributed by atoms with Crippen LogP contribution < -0.4 is 0 Å². The maximum Gasteiger partial charge on any atom is 0.379 e. The van der Waals surface area contributed by atoms with Gasteiger partial charge in [0.2, 0.25) is 0 Å². The van der Waals surface area contributed by atoms with Gasteiger partial charge in [0, 0.05) is 10.5 Å². The van der Waals surface area contributed by atoms with Crippen LogP contribution in [0.5, 0.6) is 0 Å². The fourth-order valence-corrected chi connectivity index (χ4v) is 2.11. The number of rotatable bonds is 4. The largest absolute Gasteiger partial charge is 0.477 e. The fraction of sp³-hybridized carbons (Fsp3) is 0.300. The SMILES string of the molecule is CCSc1ccc(C(F)(F)C(=O)O)cc1Cl. The minimum atomic E-state index is -3.90. The molecule has 0 aromatic heterocycles. The number of carboxylic acid groups (broad SMARTS) is 1. The molecule has 2 nitrogen and oxygen atoms in total. The van der Waals surface area contributed by atoms with E-state index < -0.39 is 17.5 Å². The van der Waals surface area contributed by atoms with Crippen LogP contribution in [0.1, 0.15) is 12.5 Å². The first kappa shape index (κ1) is 13.3. The molecule has 1 N–H and O–H groups in total. The summed E-state index contributed by atoms with van der Waals surface area (Å²) in [6.45, 7) is 1.90. The Kier molecular flexibility index (Phi) is 4.15. The normalized spacial score (nSPS) is 11.5. The quantitative estimate of drug-likeness (QED) is 0.846. The van der Waals surface area contributed by atoms with Crippen molar-refractivity contribution in [3.8, 4) is 0 Å².